The number of fused-ring (bicyclic) bond motifs is 1. The first kappa shape index (κ1) is 12.1. The van der Waals surface area contributed by atoms with Crippen molar-refractivity contribution in [2.45, 2.75) is 39.3 Å². The Bertz CT molecular complexity index is 483. The lowest BCUT2D eigenvalue weighted by atomic mass is 10.1. The number of para-hydroxylation sites is 1. The van der Waals surface area contributed by atoms with E-state index in [0.717, 1.165) is 19.4 Å². The molecule has 3 heteroatoms. The molecule has 0 saturated carbocycles. The van der Waals surface area contributed by atoms with Gasteiger partial charge in [-0.05, 0) is 26.5 Å². The van der Waals surface area contributed by atoms with Gasteiger partial charge in [0.1, 0.15) is 0 Å². The molecule has 0 spiro atoms. The number of rotatable bonds is 5. The second-order valence-corrected chi connectivity index (χ2v) is 4.38. The maximum absolute atomic E-state index is 4.72. The van der Waals surface area contributed by atoms with E-state index in [9.17, 15) is 0 Å². The second kappa shape index (κ2) is 5.32. The summed E-state index contributed by atoms with van der Waals surface area (Å²) in [5, 5.41) is 9.36. The van der Waals surface area contributed by atoms with E-state index < -0.39 is 0 Å². The van der Waals surface area contributed by atoms with Gasteiger partial charge in [0.15, 0.2) is 0 Å². The van der Waals surface area contributed by atoms with E-state index in [1.807, 2.05) is 7.05 Å². The zero-order valence-corrected chi connectivity index (χ0v) is 10.9. The van der Waals surface area contributed by atoms with Crippen molar-refractivity contribution in [3.8, 4) is 0 Å². The van der Waals surface area contributed by atoms with E-state index in [4.69, 9.17) is 5.10 Å². The molecule has 0 saturated heterocycles. The molecule has 1 aromatic heterocycles. The van der Waals surface area contributed by atoms with E-state index in [1.165, 1.54) is 16.6 Å². The summed E-state index contributed by atoms with van der Waals surface area (Å²) in [7, 11) is 2.02. The van der Waals surface area contributed by atoms with Gasteiger partial charge >= 0.3 is 0 Å². The lowest BCUT2D eigenvalue weighted by Crippen LogP contribution is -2.26. The normalized spacial score (nSPS) is 13.1. The SMILES string of the molecule is CCC(Cc1nn(CC)c2ccccc12)NC. The molecule has 0 radical (unpaired) electrons. The van der Waals surface area contributed by atoms with Gasteiger partial charge in [-0.1, -0.05) is 25.1 Å². The number of aromatic nitrogens is 2. The van der Waals surface area contributed by atoms with Crippen LogP contribution in [0.4, 0.5) is 0 Å². The van der Waals surface area contributed by atoms with Crippen molar-refractivity contribution in [2.24, 2.45) is 0 Å². The van der Waals surface area contributed by atoms with Crippen LogP contribution < -0.4 is 5.32 Å². The Kier molecular flexibility index (Phi) is 3.79. The summed E-state index contributed by atoms with van der Waals surface area (Å²) in [4.78, 5) is 0. The summed E-state index contributed by atoms with van der Waals surface area (Å²) in [5.74, 6) is 0. The van der Waals surface area contributed by atoms with Gasteiger partial charge in [-0.3, -0.25) is 4.68 Å². The molecule has 0 fully saturated rings. The van der Waals surface area contributed by atoms with Gasteiger partial charge in [0.2, 0.25) is 0 Å². The molecule has 2 rings (SSSR count). The molecule has 0 bridgehead atoms. The number of likely N-dealkylation sites (N-methyl/N-ethyl adjacent to an activating group) is 1. The van der Waals surface area contributed by atoms with Crippen LogP contribution in [0.1, 0.15) is 26.0 Å². The largest absolute Gasteiger partial charge is 0.317 e. The monoisotopic (exact) mass is 231 g/mol. The third-order valence-corrected chi connectivity index (χ3v) is 3.37. The highest BCUT2D eigenvalue weighted by Gasteiger charge is 2.12. The predicted octanol–water partition coefficient (Wildman–Crippen LogP) is 2.60. The molecule has 1 N–H and O–H groups in total. The number of benzene rings is 1. The van der Waals surface area contributed by atoms with Crippen molar-refractivity contribution in [3.63, 3.8) is 0 Å². The molecule has 1 unspecified atom stereocenters. The molecule has 1 atom stereocenters. The highest BCUT2D eigenvalue weighted by Crippen LogP contribution is 2.20. The third-order valence-electron chi connectivity index (χ3n) is 3.37. The highest BCUT2D eigenvalue weighted by molar-refractivity contribution is 5.82. The molecule has 1 heterocycles. The van der Waals surface area contributed by atoms with Crippen molar-refractivity contribution in [1.29, 1.82) is 0 Å². The summed E-state index contributed by atoms with van der Waals surface area (Å²) in [6.07, 6.45) is 2.13. The first-order valence-electron chi connectivity index (χ1n) is 6.41. The predicted molar refractivity (Wildman–Crippen MR) is 72.2 cm³/mol. The van der Waals surface area contributed by atoms with Gasteiger partial charge in [-0.25, -0.2) is 0 Å². The van der Waals surface area contributed by atoms with Crippen LogP contribution in [0.3, 0.4) is 0 Å². The molecule has 2 aromatic rings. The Morgan fingerprint density at radius 3 is 2.71 bits per heavy atom. The summed E-state index contributed by atoms with van der Waals surface area (Å²) in [6.45, 7) is 5.27. The molecule has 0 amide bonds. The minimum absolute atomic E-state index is 0.513. The van der Waals surface area contributed by atoms with E-state index >= 15 is 0 Å². The second-order valence-electron chi connectivity index (χ2n) is 4.38. The molecule has 0 aliphatic heterocycles. The fraction of sp³-hybridized carbons (Fsp3) is 0.500. The molecule has 0 aliphatic carbocycles. The van der Waals surface area contributed by atoms with Gasteiger partial charge in [0, 0.05) is 24.4 Å². The fourth-order valence-corrected chi connectivity index (χ4v) is 2.27. The maximum Gasteiger partial charge on any atom is 0.0718 e. The smallest absolute Gasteiger partial charge is 0.0718 e. The van der Waals surface area contributed by atoms with Gasteiger partial charge in [0.05, 0.1) is 11.2 Å². The zero-order valence-electron chi connectivity index (χ0n) is 10.9. The third kappa shape index (κ3) is 2.34. The summed E-state index contributed by atoms with van der Waals surface area (Å²) in [6, 6.07) is 9.00. The van der Waals surface area contributed by atoms with Crippen LogP contribution in [-0.2, 0) is 13.0 Å². The molecule has 0 aliphatic rings. The van der Waals surface area contributed by atoms with Crippen LogP contribution >= 0.6 is 0 Å². The zero-order chi connectivity index (χ0) is 12.3. The first-order valence-corrected chi connectivity index (χ1v) is 6.41. The molecular weight excluding hydrogens is 210 g/mol. The van der Waals surface area contributed by atoms with Gasteiger partial charge in [-0.2, -0.15) is 5.10 Å². The Balaban J connectivity index is 2.40. The highest BCUT2D eigenvalue weighted by atomic mass is 15.3. The van der Waals surface area contributed by atoms with Crippen molar-refractivity contribution in [1.82, 2.24) is 15.1 Å². The minimum Gasteiger partial charge on any atom is -0.317 e. The van der Waals surface area contributed by atoms with Crippen LogP contribution in [0, 0.1) is 0 Å². The molecule has 3 nitrogen and oxygen atoms in total. The van der Waals surface area contributed by atoms with E-state index in [0.29, 0.717) is 6.04 Å². The topological polar surface area (TPSA) is 29.9 Å². The van der Waals surface area contributed by atoms with Crippen LogP contribution in [0.25, 0.3) is 10.9 Å². The number of nitrogens with one attached hydrogen (secondary N) is 1. The Labute approximate surface area is 103 Å². The number of hydrogen-bond donors (Lipinski definition) is 1. The number of nitrogens with zero attached hydrogens (tertiary/aromatic N) is 2. The molecular formula is C14H21N3. The molecule has 17 heavy (non-hydrogen) atoms. The van der Waals surface area contributed by atoms with Crippen molar-refractivity contribution in [3.05, 3.63) is 30.0 Å². The van der Waals surface area contributed by atoms with Crippen LogP contribution in [0.5, 0.6) is 0 Å². The van der Waals surface area contributed by atoms with Crippen LogP contribution in [0.2, 0.25) is 0 Å². The molecule has 1 aromatic carbocycles. The molecule has 92 valence electrons. The van der Waals surface area contributed by atoms with E-state index in [-0.39, 0.29) is 0 Å². The van der Waals surface area contributed by atoms with Crippen LogP contribution in [0.15, 0.2) is 24.3 Å². The van der Waals surface area contributed by atoms with Gasteiger partial charge in [0.25, 0.3) is 0 Å². The lowest BCUT2D eigenvalue weighted by Gasteiger charge is -2.11. The standard InChI is InChI=1S/C14H21N3/c1-4-11(15-3)10-13-12-8-6-7-9-14(12)17(5-2)16-13/h6-9,11,15H,4-5,10H2,1-3H3. The number of aryl methyl sites for hydroxylation is 1. The summed E-state index contributed by atoms with van der Waals surface area (Å²) in [5.41, 5.74) is 2.46. The Morgan fingerprint density at radius 1 is 1.29 bits per heavy atom. The van der Waals surface area contributed by atoms with E-state index in [2.05, 4.69) is 48.1 Å². The lowest BCUT2D eigenvalue weighted by molar-refractivity contribution is 0.532. The maximum atomic E-state index is 4.72. The quantitative estimate of drug-likeness (QED) is 0.857. The van der Waals surface area contributed by atoms with Crippen molar-refractivity contribution in [2.75, 3.05) is 7.05 Å². The van der Waals surface area contributed by atoms with Crippen molar-refractivity contribution < 1.29 is 0 Å². The first-order chi connectivity index (χ1) is 8.30. The van der Waals surface area contributed by atoms with Crippen molar-refractivity contribution >= 4 is 10.9 Å². The van der Waals surface area contributed by atoms with E-state index in [1.54, 1.807) is 0 Å². The van der Waals surface area contributed by atoms with Crippen LogP contribution in [-0.4, -0.2) is 22.9 Å². The van der Waals surface area contributed by atoms with Gasteiger partial charge < -0.3 is 5.32 Å². The average molecular weight is 231 g/mol. The summed E-state index contributed by atoms with van der Waals surface area (Å²) < 4.78 is 2.09. The Morgan fingerprint density at radius 2 is 2.06 bits per heavy atom. The Hall–Kier alpha value is -1.35. The van der Waals surface area contributed by atoms with Gasteiger partial charge in [-0.15, -0.1) is 0 Å². The number of hydrogen-bond acceptors (Lipinski definition) is 2. The summed E-state index contributed by atoms with van der Waals surface area (Å²) >= 11 is 0. The fourth-order valence-electron chi connectivity index (χ4n) is 2.27. The minimum atomic E-state index is 0.513. The average Bonchev–Trinajstić information content (AvgIpc) is 2.74.